The second-order valence-electron chi connectivity index (χ2n) is 4.40. The molecule has 0 aromatic heterocycles. The Kier molecular flexibility index (Phi) is 5.79. The third kappa shape index (κ3) is 4.95. The molecule has 1 aromatic rings. The van der Waals surface area contributed by atoms with Gasteiger partial charge in [0.15, 0.2) is 0 Å². The zero-order valence-electron chi connectivity index (χ0n) is 11.1. The molecule has 1 rings (SSSR count). The van der Waals surface area contributed by atoms with E-state index < -0.39 is 12.0 Å². The molecule has 1 atom stereocenters. The van der Waals surface area contributed by atoms with E-state index in [1.807, 2.05) is 31.2 Å². The summed E-state index contributed by atoms with van der Waals surface area (Å²) in [4.78, 5) is 22.6. The molecule has 2 N–H and O–H groups in total. The van der Waals surface area contributed by atoms with Crippen molar-refractivity contribution in [3.63, 3.8) is 0 Å². The summed E-state index contributed by atoms with van der Waals surface area (Å²) in [5.41, 5.74) is 1.81. The van der Waals surface area contributed by atoms with E-state index in [9.17, 15) is 9.59 Å². The number of aliphatic carboxylic acids is 1. The maximum atomic E-state index is 11.7. The topological polar surface area (TPSA) is 66.4 Å². The zero-order chi connectivity index (χ0) is 14.3. The molecule has 19 heavy (non-hydrogen) atoms. The Labute approximate surface area is 113 Å². The van der Waals surface area contributed by atoms with Crippen molar-refractivity contribution >= 4 is 11.9 Å². The summed E-state index contributed by atoms with van der Waals surface area (Å²) in [5, 5.41) is 11.7. The lowest BCUT2D eigenvalue weighted by Crippen LogP contribution is -2.30. The number of carboxylic acids is 1. The van der Waals surface area contributed by atoms with Gasteiger partial charge >= 0.3 is 5.97 Å². The molecule has 0 aliphatic rings. The molecule has 1 aromatic carbocycles. The van der Waals surface area contributed by atoms with Crippen LogP contribution >= 0.6 is 0 Å². The Morgan fingerprint density at radius 3 is 2.68 bits per heavy atom. The minimum Gasteiger partial charge on any atom is -0.481 e. The monoisotopic (exact) mass is 261 g/mol. The number of amides is 1. The van der Waals surface area contributed by atoms with Gasteiger partial charge in [0.25, 0.3) is 0 Å². The van der Waals surface area contributed by atoms with Gasteiger partial charge in [-0.2, -0.15) is 0 Å². The molecule has 0 fully saturated rings. The van der Waals surface area contributed by atoms with Gasteiger partial charge in [0.1, 0.15) is 0 Å². The number of rotatable bonds is 7. The lowest BCUT2D eigenvalue weighted by molar-refractivity contribution is -0.137. The van der Waals surface area contributed by atoms with E-state index in [0.29, 0.717) is 12.8 Å². The number of allylic oxidation sites excluding steroid dienone is 1. The summed E-state index contributed by atoms with van der Waals surface area (Å²) in [7, 11) is 0. The first-order valence-electron chi connectivity index (χ1n) is 6.22. The normalized spacial score (nSPS) is 11.6. The van der Waals surface area contributed by atoms with Gasteiger partial charge in [-0.3, -0.25) is 9.59 Å². The Balaban J connectivity index is 2.83. The van der Waals surface area contributed by atoms with E-state index in [2.05, 4.69) is 11.9 Å². The van der Waals surface area contributed by atoms with Crippen LogP contribution in [0.5, 0.6) is 0 Å². The standard InChI is InChI=1S/C15H19NO3/c1-3-4-9-14(17)16-13(10-15(18)19)12-8-6-5-7-11(12)2/h3,5-8,13H,1,4,9-10H2,2H3,(H,16,17)(H,18,19). The maximum absolute atomic E-state index is 11.7. The maximum Gasteiger partial charge on any atom is 0.305 e. The zero-order valence-corrected chi connectivity index (χ0v) is 11.1. The van der Waals surface area contributed by atoms with Gasteiger partial charge in [0.05, 0.1) is 12.5 Å². The summed E-state index contributed by atoms with van der Waals surface area (Å²) >= 11 is 0. The summed E-state index contributed by atoms with van der Waals surface area (Å²) < 4.78 is 0. The van der Waals surface area contributed by atoms with Crippen LogP contribution in [-0.4, -0.2) is 17.0 Å². The molecule has 0 saturated heterocycles. The van der Waals surface area contributed by atoms with E-state index in [1.165, 1.54) is 0 Å². The van der Waals surface area contributed by atoms with Gasteiger partial charge in [-0.15, -0.1) is 6.58 Å². The number of aryl methyl sites for hydroxylation is 1. The van der Waals surface area contributed by atoms with Crippen molar-refractivity contribution in [2.45, 2.75) is 32.2 Å². The van der Waals surface area contributed by atoms with E-state index >= 15 is 0 Å². The number of carbonyl (C=O) groups is 2. The van der Waals surface area contributed by atoms with Crippen LogP contribution < -0.4 is 5.32 Å². The van der Waals surface area contributed by atoms with Crippen LogP contribution in [0.4, 0.5) is 0 Å². The lowest BCUT2D eigenvalue weighted by atomic mass is 9.98. The molecule has 1 unspecified atom stereocenters. The van der Waals surface area contributed by atoms with Gasteiger partial charge in [0, 0.05) is 6.42 Å². The van der Waals surface area contributed by atoms with E-state index in [-0.39, 0.29) is 12.3 Å². The Hall–Kier alpha value is -2.10. The average Bonchev–Trinajstić information content (AvgIpc) is 2.35. The second-order valence-corrected chi connectivity index (χ2v) is 4.40. The van der Waals surface area contributed by atoms with Gasteiger partial charge in [-0.05, 0) is 24.5 Å². The van der Waals surface area contributed by atoms with Gasteiger partial charge < -0.3 is 10.4 Å². The van der Waals surface area contributed by atoms with Crippen LogP contribution in [0.3, 0.4) is 0 Å². The molecule has 0 aliphatic heterocycles. The predicted octanol–water partition coefficient (Wildman–Crippen LogP) is 2.59. The summed E-state index contributed by atoms with van der Waals surface area (Å²) in [6, 6.07) is 6.98. The van der Waals surface area contributed by atoms with Crippen molar-refractivity contribution in [3.05, 3.63) is 48.0 Å². The fraction of sp³-hybridized carbons (Fsp3) is 0.333. The molecule has 0 bridgehead atoms. The molecule has 1 amide bonds. The molecule has 4 heteroatoms. The third-order valence-corrected chi connectivity index (χ3v) is 2.85. The van der Waals surface area contributed by atoms with Crippen molar-refractivity contribution in [3.8, 4) is 0 Å². The summed E-state index contributed by atoms with van der Waals surface area (Å²) in [6.07, 6.45) is 2.45. The molecule has 0 radical (unpaired) electrons. The van der Waals surface area contributed by atoms with Crippen LogP contribution in [0.25, 0.3) is 0 Å². The fourth-order valence-corrected chi connectivity index (χ4v) is 1.89. The minimum atomic E-state index is -0.933. The Morgan fingerprint density at radius 2 is 2.11 bits per heavy atom. The van der Waals surface area contributed by atoms with Crippen molar-refractivity contribution in [1.29, 1.82) is 0 Å². The van der Waals surface area contributed by atoms with E-state index in [0.717, 1.165) is 11.1 Å². The number of hydrogen-bond acceptors (Lipinski definition) is 2. The molecule has 102 valence electrons. The first kappa shape index (κ1) is 15.0. The molecule has 0 spiro atoms. The van der Waals surface area contributed by atoms with Crippen LogP contribution in [0.2, 0.25) is 0 Å². The van der Waals surface area contributed by atoms with Crippen molar-refractivity contribution < 1.29 is 14.7 Å². The predicted molar refractivity (Wildman–Crippen MR) is 73.7 cm³/mol. The number of nitrogens with one attached hydrogen (secondary N) is 1. The fourth-order valence-electron chi connectivity index (χ4n) is 1.89. The highest BCUT2D eigenvalue weighted by Gasteiger charge is 2.19. The number of carbonyl (C=O) groups excluding carboxylic acids is 1. The average molecular weight is 261 g/mol. The number of benzene rings is 1. The number of carboxylic acid groups (broad SMARTS) is 1. The highest BCUT2D eigenvalue weighted by atomic mass is 16.4. The largest absolute Gasteiger partial charge is 0.481 e. The molecular weight excluding hydrogens is 242 g/mol. The molecule has 0 aliphatic carbocycles. The second kappa shape index (κ2) is 7.36. The quantitative estimate of drug-likeness (QED) is 0.741. The van der Waals surface area contributed by atoms with Crippen LogP contribution in [0.1, 0.15) is 36.4 Å². The minimum absolute atomic E-state index is 0.120. The SMILES string of the molecule is C=CCCC(=O)NC(CC(=O)O)c1ccccc1C. The van der Waals surface area contributed by atoms with Gasteiger partial charge in [-0.25, -0.2) is 0 Å². The van der Waals surface area contributed by atoms with Crippen LogP contribution in [0, 0.1) is 6.92 Å². The van der Waals surface area contributed by atoms with Crippen molar-refractivity contribution in [2.75, 3.05) is 0 Å². The van der Waals surface area contributed by atoms with Crippen molar-refractivity contribution in [1.82, 2.24) is 5.32 Å². The highest BCUT2D eigenvalue weighted by Crippen LogP contribution is 2.20. The lowest BCUT2D eigenvalue weighted by Gasteiger charge is -2.19. The van der Waals surface area contributed by atoms with E-state index in [1.54, 1.807) is 6.08 Å². The summed E-state index contributed by atoms with van der Waals surface area (Å²) in [5.74, 6) is -1.09. The first-order chi connectivity index (χ1) is 9.04. The van der Waals surface area contributed by atoms with Gasteiger partial charge in [-0.1, -0.05) is 30.3 Å². The first-order valence-corrected chi connectivity index (χ1v) is 6.22. The molecular formula is C15H19NO3. The molecule has 0 saturated carbocycles. The van der Waals surface area contributed by atoms with Gasteiger partial charge in [0.2, 0.25) is 5.91 Å². The van der Waals surface area contributed by atoms with Crippen molar-refractivity contribution in [2.24, 2.45) is 0 Å². The Bertz CT molecular complexity index is 468. The summed E-state index contributed by atoms with van der Waals surface area (Å²) in [6.45, 7) is 5.46. The smallest absolute Gasteiger partial charge is 0.305 e. The van der Waals surface area contributed by atoms with Crippen LogP contribution in [0.15, 0.2) is 36.9 Å². The van der Waals surface area contributed by atoms with E-state index in [4.69, 9.17) is 5.11 Å². The number of hydrogen-bond donors (Lipinski definition) is 2. The highest BCUT2D eigenvalue weighted by molar-refractivity contribution is 5.78. The Morgan fingerprint density at radius 1 is 1.42 bits per heavy atom. The third-order valence-electron chi connectivity index (χ3n) is 2.85. The van der Waals surface area contributed by atoms with Crippen LogP contribution in [-0.2, 0) is 9.59 Å². The molecule has 0 heterocycles. The molecule has 4 nitrogen and oxygen atoms in total.